The van der Waals surface area contributed by atoms with E-state index in [9.17, 15) is 9.90 Å². The number of nitrogens with zero attached hydrogens (tertiary/aromatic N) is 2. The molecule has 1 aliphatic rings. The molecule has 1 aliphatic heterocycles. The summed E-state index contributed by atoms with van der Waals surface area (Å²) in [6.45, 7) is 1.72. The Morgan fingerprint density at radius 3 is 2.10 bits per heavy atom. The summed E-state index contributed by atoms with van der Waals surface area (Å²) in [7, 11) is 3.33. The normalized spacial score (nSPS) is 35.6. The molecule has 0 saturated carbocycles. The number of hydrogen-bond acceptors (Lipinski definition) is 3. The fraction of sp³-hybridized carbons (Fsp3) is 0.833. The van der Waals surface area contributed by atoms with E-state index in [0.717, 1.165) is 0 Å². The molecule has 0 aromatic carbocycles. The second kappa shape index (κ2) is 2.21. The van der Waals surface area contributed by atoms with Crippen LogP contribution in [-0.4, -0.2) is 41.4 Å². The Morgan fingerprint density at radius 1 is 1.50 bits per heavy atom. The van der Waals surface area contributed by atoms with Gasteiger partial charge >= 0.3 is 0 Å². The Labute approximate surface area is 60.0 Å². The predicted octanol–water partition coefficient (Wildman–Crippen LogP) is -0.740. The minimum Gasteiger partial charge on any atom is -0.376 e. The number of hydrazine groups is 1. The van der Waals surface area contributed by atoms with Gasteiger partial charge in [-0.1, -0.05) is 0 Å². The molecule has 1 fully saturated rings. The third-order valence-electron chi connectivity index (χ3n) is 2.01. The highest BCUT2D eigenvalue weighted by Gasteiger charge is 2.38. The van der Waals surface area contributed by atoms with E-state index in [1.807, 2.05) is 0 Å². The van der Waals surface area contributed by atoms with Crippen LogP contribution in [0.5, 0.6) is 0 Å². The SMILES string of the molecule is CC1C(=O)N(C)N(C)C1O. The molecule has 4 nitrogen and oxygen atoms in total. The van der Waals surface area contributed by atoms with Gasteiger partial charge in [-0.15, -0.1) is 0 Å². The van der Waals surface area contributed by atoms with Crippen LogP contribution in [0.4, 0.5) is 0 Å². The third-order valence-corrected chi connectivity index (χ3v) is 2.01. The number of hydrogen-bond donors (Lipinski definition) is 1. The first kappa shape index (κ1) is 7.50. The van der Waals surface area contributed by atoms with Crippen LogP contribution in [0.25, 0.3) is 0 Å². The zero-order valence-corrected chi connectivity index (χ0v) is 6.40. The number of rotatable bonds is 0. The Morgan fingerprint density at radius 2 is 2.00 bits per heavy atom. The highest BCUT2D eigenvalue weighted by Crippen LogP contribution is 2.19. The first-order chi connectivity index (χ1) is 4.55. The molecule has 10 heavy (non-hydrogen) atoms. The van der Waals surface area contributed by atoms with Gasteiger partial charge in [0.2, 0.25) is 5.91 Å². The molecule has 1 heterocycles. The third kappa shape index (κ3) is 0.803. The summed E-state index contributed by atoms with van der Waals surface area (Å²) in [4.78, 5) is 11.1. The lowest BCUT2D eigenvalue weighted by atomic mass is 10.1. The molecular weight excluding hydrogens is 132 g/mol. The Kier molecular flexibility index (Phi) is 1.66. The van der Waals surface area contributed by atoms with E-state index in [1.165, 1.54) is 10.0 Å². The maximum atomic E-state index is 11.1. The van der Waals surface area contributed by atoms with Crippen molar-refractivity contribution in [3.05, 3.63) is 0 Å². The van der Waals surface area contributed by atoms with Gasteiger partial charge in [-0.25, -0.2) is 0 Å². The van der Waals surface area contributed by atoms with E-state index < -0.39 is 6.23 Å². The van der Waals surface area contributed by atoms with Gasteiger partial charge in [0.05, 0.1) is 5.92 Å². The highest BCUT2D eigenvalue weighted by molar-refractivity contribution is 5.80. The van der Waals surface area contributed by atoms with Gasteiger partial charge in [-0.05, 0) is 6.92 Å². The Balaban J connectivity index is 2.78. The average molecular weight is 144 g/mol. The molecule has 58 valence electrons. The monoisotopic (exact) mass is 144 g/mol. The second-order valence-corrected chi connectivity index (χ2v) is 2.64. The summed E-state index contributed by atoms with van der Waals surface area (Å²) in [5, 5.41) is 12.2. The van der Waals surface area contributed by atoms with Crippen molar-refractivity contribution < 1.29 is 9.90 Å². The molecule has 1 saturated heterocycles. The van der Waals surface area contributed by atoms with Crippen molar-refractivity contribution in [3.8, 4) is 0 Å². The summed E-state index contributed by atoms with van der Waals surface area (Å²) >= 11 is 0. The minimum absolute atomic E-state index is 0.0324. The van der Waals surface area contributed by atoms with Crippen molar-refractivity contribution in [2.75, 3.05) is 14.1 Å². The topological polar surface area (TPSA) is 43.8 Å². The molecule has 1 amide bonds. The molecule has 0 bridgehead atoms. The summed E-state index contributed by atoms with van der Waals surface area (Å²) in [5.41, 5.74) is 0. The van der Waals surface area contributed by atoms with Gasteiger partial charge in [0, 0.05) is 14.1 Å². The van der Waals surface area contributed by atoms with Gasteiger partial charge in [-0.2, -0.15) is 5.01 Å². The largest absolute Gasteiger partial charge is 0.376 e. The van der Waals surface area contributed by atoms with E-state index in [0.29, 0.717) is 0 Å². The maximum Gasteiger partial charge on any atom is 0.243 e. The highest BCUT2D eigenvalue weighted by atomic mass is 16.3. The first-order valence-corrected chi connectivity index (χ1v) is 3.24. The van der Waals surface area contributed by atoms with Crippen molar-refractivity contribution >= 4 is 5.91 Å². The lowest BCUT2D eigenvalue weighted by molar-refractivity contribution is -0.137. The lowest BCUT2D eigenvalue weighted by Crippen LogP contribution is -2.36. The van der Waals surface area contributed by atoms with Gasteiger partial charge in [-0.3, -0.25) is 9.80 Å². The van der Waals surface area contributed by atoms with Gasteiger partial charge in [0.25, 0.3) is 0 Å². The number of carbonyl (C=O) groups excluding carboxylic acids is 1. The maximum absolute atomic E-state index is 11.1. The molecule has 0 aliphatic carbocycles. The lowest BCUT2D eigenvalue weighted by Gasteiger charge is -2.20. The van der Waals surface area contributed by atoms with Gasteiger partial charge in [0.15, 0.2) is 0 Å². The molecule has 1 N–H and O–H groups in total. The van der Waals surface area contributed by atoms with E-state index in [2.05, 4.69) is 0 Å². The number of carbonyl (C=O) groups is 1. The second-order valence-electron chi connectivity index (χ2n) is 2.64. The summed E-state index contributed by atoms with van der Waals surface area (Å²) < 4.78 is 0. The van der Waals surface area contributed by atoms with Gasteiger partial charge < -0.3 is 5.11 Å². The molecular formula is C6H12N2O2. The van der Waals surface area contributed by atoms with Crippen LogP contribution in [-0.2, 0) is 4.79 Å². The number of aliphatic hydroxyl groups excluding tert-OH is 1. The number of amides is 1. The molecule has 0 spiro atoms. The smallest absolute Gasteiger partial charge is 0.243 e. The fourth-order valence-electron chi connectivity index (χ4n) is 1.08. The first-order valence-electron chi connectivity index (χ1n) is 3.24. The molecule has 0 aromatic heterocycles. The molecule has 0 aromatic rings. The Hall–Kier alpha value is -0.610. The molecule has 0 radical (unpaired) electrons. The van der Waals surface area contributed by atoms with Crippen molar-refractivity contribution in [2.45, 2.75) is 13.2 Å². The number of aliphatic hydroxyl groups is 1. The van der Waals surface area contributed by atoms with E-state index in [-0.39, 0.29) is 11.8 Å². The Bertz CT molecular complexity index is 144. The molecule has 2 atom stereocenters. The van der Waals surface area contributed by atoms with Gasteiger partial charge in [0.1, 0.15) is 6.23 Å². The predicted molar refractivity (Wildman–Crippen MR) is 35.7 cm³/mol. The van der Waals surface area contributed by atoms with Crippen molar-refractivity contribution in [1.82, 2.24) is 10.0 Å². The van der Waals surface area contributed by atoms with Crippen molar-refractivity contribution in [2.24, 2.45) is 5.92 Å². The fourth-order valence-corrected chi connectivity index (χ4v) is 1.08. The van der Waals surface area contributed by atoms with Crippen molar-refractivity contribution in [3.63, 3.8) is 0 Å². The quantitative estimate of drug-likeness (QED) is 0.487. The average Bonchev–Trinajstić information content (AvgIpc) is 2.07. The molecule has 2 unspecified atom stereocenters. The minimum atomic E-state index is -0.655. The van der Waals surface area contributed by atoms with Crippen LogP contribution in [0.3, 0.4) is 0 Å². The van der Waals surface area contributed by atoms with Crippen LogP contribution in [0, 0.1) is 5.92 Å². The molecule has 1 rings (SSSR count). The van der Waals surface area contributed by atoms with Crippen LogP contribution in [0.15, 0.2) is 0 Å². The van der Waals surface area contributed by atoms with Crippen LogP contribution in [0.1, 0.15) is 6.92 Å². The summed E-state index contributed by atoms with van der Waals surface area (Å²) in [5.74, 6) is -0.329. The zero-order chi connectivity index (χ0) is 7.89. The summed E-state index contributed by atoms with van der Waals surface area (Å²) in [6, 6.07) is 0. The molecule has 4 heteroatoms. The van der Waals surface area contributed by atoms with Crippen molar-refractivity contribution in [1.29, 1.82) is 0 Å². The van der Waals surface area contributed by atoms with Crippen LogP contribution < -0.4 is 0 Å². The van der Waals surface area contributed by atoms with Crippen LogP contribution >= 0.6 is 0 Å². The zero-order valence-electron chi connectivity index (χ0n) is 6.40. The summed E-state index contributed by atoms with van der Waals surface area (Å²) in [6.07, 6.45) is -0.655. The van der Waals surface area contributed by atoms with E-state index in [1.54, 1.807) is 21.0 Å². The van der Waals surface area contributed by atoms with E-state index in [4.69, 9.17) is 0 Å². The van der Waals surface area contributed by atoms with E-state index >= 15 is 0 Å². The van der Waals surface area contributed by atoms with Crippen LogP contribution in [0.2, 0.25) is 0 Å². The standard InChI is InChI=1S/C6H12N2O2/c1-4-5(9)7(2)8(3)6(4)10/h4-5,9H,1-3H3.